The summed E-state index contributed by atoms with van der Waals surface area (Å²) in [6.45, 7) is 3.90. The van der Waals surface area contributed by atoms with Gasteiger partial charge in [0.2, 0.25) is 0 Å². The van der Waals surface area contributed by atoms with Crippen LogP contribution >= 0.6 is 0 Å². The lowest BCUT2D eigenvalue weighted by atomic mass is 9.90. The van der Waals surface area contributed by atoms with Crippen molar-refractivity contribution in [1.82, 2.24) is 19.7 Å². The van der Waals surface area contributed by atoms with E-state index in [0.29, 0.717) is 54.3 Å². The fourth-order valence-electron chi connectivity index (χ4n) is 5.40. The number of piperazine rings is 1. The van der Waals surface area contributed by atoms with E-state index in [4.69, 9.17) is 4.74 Å². The van der Waals surface area contributed by atoms with Crippen molar-refractivity contribution in [1.29, 1.82) is 0 Å². The van der Waals surface area contributed by atoms with Crippen molar-refractivity contribution in [3.05, 3.63) is 65.4 Å². The van der Waals surface area contributed by atoms with Crippen LogP contribution in [0.1, 0.15) is 40.5 Å². The Morgan fingerprint density at radius 1 is 0.946 bits per heavy atom. The monoisotopic (exact) mass is 504 g/mol. The minimum absolute atomic E-state index is 0. The maximum atomic E-state index is 13.6. The Morgan fingerprint density at radius 3 is 2.32 bits per heavy atom. The molecule has 0 atom stereocenters. The van der Waals surface area contributed by atoms with Gasteiger partial charge in [-0.3, -0.25) is 14.4 Å². The second-order valence-electron chi connectivity index (χ2n) is 10.2. The summed E-state index contributed by atoms with van der Waals surface area (Å²) in [6, 6.07) is 13.9. The molecule has 37 heavy (non-hydrogen) atoms. The smallest absolute Gasteiger partial charge is 0.295 e. The van der Waals surface area contributed by atoms with Gasteiger partial charge in [-0.15, -0.1) is 0 Å². The number of Topliss-reactive ketones (excluding diaryl/α,β-unsaturated/α-hetero) is 1. The summed E-state index contributed by atoms with van der Waals surface area (Å²) in [6.07, 6.45) is 4.47. The summed E-state index contributed by atoms with van der Waals surface area (Å²) in [5, 5.41) is 0.565. The van der Waals surface area contributed by atoms with Gasteiger partial charge in [0, 0.05) is 63.9 Å². The first-order valence-corrected chi connectivity index (χ1v) is 13.0. The number of hydrogen-bond donors (Lipinski definition) is 1. The topological polar surface area (TPSA) is 86.0 Å². The molecule has 8 nitrogen and oxygen atoms in total. The molecule has 0 spiro atoms. The normalized spacial score (nSPS) is 17.2. The molecule has 0 unspecified atom stereocenters. The van der Waals surface area contributed by atoms with Gasteiger partial charge in [-0.1, -0.05) is 30.3 Å². The van der Waals surface area contributed by atoms with Crippen LogP contribution in [0, 0.1) is 5.92 Å². The lowest BCUT2D eigenvalue weighted by Gasteiger charge is -2.32. The number of ether oxygens (including phenoxy) is 1. The van der Waals surface area contributed by atoms with Gasteiger partial charge in [0.05, 0.1) is 18.2 Å². The standard InChI is InChI=1S/C29H34N4O4.H2/c1-31-12-14-33(15-13-31)29(36)27(34)24-19-30-25-18-26(37-2)23(17-22(24)25)28(35)32-10-8-21(9-11-32)16-20-6-4-3-5-7-20;/h3-7,17-19,21,30H,8-16H2,1-2H3;1H. The summed E-state index contributed by atoms with van der Waals surface area (Å²) >= 11 is 0. The van der Waals surface area contributed by atoms with E-state index in [2.05, 4.69) is 34.1 Å². The molecular weight excluding hydrogens is 468 g/mol. The predicted octanol–water partition coefficient (Wildman–Crippen LogP) is 3.47. The van der Waals surface area contributed by atoms with Crippen LogP contribution in [0.5, 0.6) is 5.75 Å². The van der Waals surface area contributed by atoms with Crippen molar-refractivity contribution in [2.24, 2.45) is 5.92 Å². The van der Waals surface area contributed by atoms with E-state index >= 15 is 0 Å². The van der Waals surface area contributed by atoms with E-state index in [1.54, 1.807) is 23.2 Å². The zero-order chi connectivity index (χ0) is 25.9. The Balaban J connectivity index is 0.00000336. The third-order valence-corrected chi connectivity index (χ3v) is 7.73. The van der Waals surface area contributed by atoms with Gasteiger partial charge in [0.1, 0.15) is 5.75 Å². The number of nitrogens with one attached hydrogen (secondary N) is 1. The molecule has 2 aromatic carbocycles. The number of methoxy groups -OCH3 is 1. The van der Waals surface area contributed by atoms with Gasteiger partial charge in [-0.05, 0) is 43.9 Å². The Hall–Kier alpha value is -3.65. The van der Waals surface area contributed by atoms with Gasteiger partial charge < -0.3 is 24.4 Å². The lowest BCUT2D eigenvalue weighted by molar-refractivity contribution is -0.127. The number of piperidine rings is 1. The number of aromatic nitrogens is 1. The second kappa shape index (κ2) is 10.8. The van der Waals surface area contributed by atoms with Gasteiger partial charge in [-0.2, -0.15) is 0 Å². The number of amides is 2. The SMILES string of the molecule is COc1cc2[nH]cc(C(=O)C(=O)N3CCN(C)CC3)c2cc1C(=O)N1CCC(Cc2ccccc2)CC1.[HH]. The highest BCUT2D eigenvalue weighted by Gasteiger charge is 2.30. The molecule has 0 bridgehead atoms. The number of carbonyl (C=O) groups is 3. The molecule has 1 aromatic heterocycles. The minimum Gasteiger partial charge on any atom is -0.496 e. The zero-order valence-corrected chi connectivity index (χ0v) is 21.5. The zero-order valence-electron chi connectivity index (χ0n) is 21.5. The molecule has 1 N–H and O–H groups in total. The molecule has 2 amide bonds. The second-order valence-corrected chi connectivity index (χ2v) is 10.2. The van der Waals surface area contributed by atoms with Crippen LogP contribution in [-0.2, 0) is 11.2 Å². The lowest BCUT2D eigenvalue weighted by Crippen LogP contribution is -2.49. The number of ketones is 1. The van der Waals surface area contributed by atoms with Crippen LogP contribution in [-0.4, -0.2) is 90.7 Å². The maximum absolute atomic E-state index is 13.6. The van der Waals surface area contributed by atoms with Crippen LogP contribution in [0.15, 0.2) is 48.7 Å². The molecule has 2 aliphatic rings. The van der Waals surface area contributed by atoms with Crippen LogP contribution in [0.25, 0.3) is 10.9 Å². The number of nitrogens with zero attached hydrogens (tertiary/aromatic N) is 3. The number of H-pyrrole nitrogens is 1. The molecule has 2 saturated heterocycles. The molecule has 5 rings (SSSR count). The number of likely N-dealkylation sites (tertiary alicyclic amines) is 1. The Morgan fingerprint density at radius 2 is 1.65 bits per heavy atom. The number of rotatable bonds is 6. The van der Waals surface area contributed by atoms with Gasteiger partial charge >= 0.3 is 0 Å². The molecular formula is C29H36N4O4. The highest BCUT2D eigenvalue weighted by atomic mass is 16.5. The fraction of sp³-hybridized carbons (Fsp3) is 0.414. The van der Waals surface area contributed by atoms with Crippen molar-refractivity contribution < 1.29 is 20.5 Å². The molecule has 196 valence electrons. The Kier molecular flexibility index (Phi) is 7.28. The fourth-order valence-corrected chi connectivity index (χ4v) is 5.40. The molecule has 0 aliphatic carbocycles. The first-order chi connectivity index (χ1) is 17.9. The van der Waals surface area contributed by atoms with Crippen LogP contribution in [0.2, 0.25) is 0 Å². The van der Waals surface area contributed by atoms with Crippen LogP contribution in [0.3, 0.4) is 0 Å². The number of carbonyl (C=O) groups excluding carboxylic acids is 3. The largest absolute Gasteiger partial charge is 0.496 e. The van der Waals surface area contributed by atoms with Gasteiger partial charge in [-0.25, -0.2) is 0 Å². The van der Waals surface area contributed by atoms with E-state index in [9.17, 15) is 14.4 Å². The van der Waals surface area contributed by atoms with Crippen molar-refractivity contribution >= 4 is 28.5 Å². The molecule has 0 saturated carbocycles. The third kappa shape index (κ3) is 5.25. The van der Waals surface area contributed by atoms with Crippen molar-refractivity contribution in [3.63, 3.8) is 0 Å². The van der Waals surface area contributed by atoms with E-state index < -0.39 is 11.7 Å². The Labute approximate surface area is 218 Å². The molecule has 3 heterocycles. The molecule has 0 radical (unpaired) electrons. The molecule has 2 aliphatic heterocycles. The highest BCUT2D eigenvalue weighted by molar-refractivity contribution is 6.45. The van der Waals surface area contributed by atoms with Crippen molar-refractivity contribution in [2.45, 2.75) is 19.3 Å². The Bertz CT molecular complexity index is 1290. The predicted molar refractivity (Wildman–Crippen MR) is 144 cm³/mol. The van der Waals surface area contributed by atoms with Crippen molar-refractivity contribution in [2.75, 3.05) is 53.4 Å². The molecule has 8 heteroatoms. The minimum atomic E-state index is -0.555. The first-order valence-electron chi connectivity index (χ1n) is 13.0. The van der Waals surface area contributed by atoms with Crippen molar-refractivity contribution in [3.8, 4) is 5.75 Å². The maximum Gasteiger partial charge on any atom is 0.295 e. The van der Waals surface area contributed by atoms with E-state index in [0.717, 1.165) is 32.4 Å². The number of fused-ring (bicyclic) bond motifs is 1. The van der Waals surface area contributed by atoms with E-state index in [1.165, 1.54) is 12.7 Å². The first kappa shape index (κ1) is 25.0. The van der Waals surface area contributed by atoms with Gasteiger partial charge in [0.25, 0.3) is 17.6 Å². The number of benzene rings is 2. The average Bonchev–Trinajstić information content (AvgIpc) is 3.35. The highest BCUT2D eigenvalue weighted by Crippen LogP contribution is 2.31. The average molecular weight is 505 g/mol. The van der Waals surface area contributed by atoms with E-state index in [1.807, 2.05) is 18.0 Å². The molecule has 2 fully saturated rings. The number of hydrogen-bond acceptors (Lipinski definition) is 5. The van der Waals surface area contributed by atoms with E-state index in [-0.39, 0.29) is 12.9 Å². The summed E-state index contributed by atoms with van der Waals surface area (Å²) in [4.78, 5) is 48.4. The number of likely N-dealkylation sites (N-methyl/N-ethyl adjacent to an activating group) is 1. The van der Waals surface area contributed by atoms with Crippen LogP contribution < -0.4 is 4.74 Å². The van der Waals surface area contributed by atoms with Gasteiger partial charge in [0.15, 0.2) is 0 Å². The third-order valence-electron chi connectivity index (χ3n) is 7.73. The van der Waals surface area contributed by atoms with Crippen LogP contribution in [0.4, 0.5) is 0 Å². The summed E-state index contributed by atoms with van der Waals surface area (Å²) in [5.74, 6) is -0.165. The summed E-state index contributed by atoms with van der Waals surface area (Å²) < 4.78 is 5.56. The summed E-state index contributed by atoms with van der Waals surface area (Å²) in [7, 11) is 3.54. The summed E-state index contributed by atoms with van der Waals surface area (Å²) in [5.41, 5.74) is 2.69. The number of aromatic amines is 1. The quantitative estimate of drug-likeness (QED) is 0.410. The molecule has 3 aromatic rings.